The molecule has 2 N–H and O–H groups in total. The summed E-state index contributed by atoms with van der Waals surface area (Å²) in [5, 5.41) is 5.61. The van der Waals surface area contributed by atoms with E-state index in [0.717, 1.165) is 32.6 Å². The fourth-order valence-corrected chi connectivity index (χ4v) is 2.76. The molecule has 0 saturated carbocycles. The summed E-state index contributed by atoms with van der Waals surface area (Å²) < 4.78 is 6.65. The van der Waals surface area contributed by atoms with Gasteiger partial charge in [0.05, 0.1) is 6.54 Å². The number of halogens is 1. The summed E-state index contributed by atoms with van der Waals surface area (Å²) >= 11 is 3.40. The van der Waals surface area contributed by atoms with E-state index >= 15 is 0 Å². The van der Waals surface area contributed by atoms with Crippen molar-refractivity contribution in [3.63, 3.8) is 0 Å². The Hall–Kier alpha value is -2.01. The largest absolute Gasteiger partial charge is 0.492 e. The van der Waals surface area contributed by atoms with Crippen LogP contribution in [0, 0.1) is 20.8 Å². The summed E-state index contributed by atoms with van der Waals surface area (Å²) in [6.07, 6.45) is 0. The molecule has 0 radical (unpaired) electrons. The SMILES string of the molecule is Cc1cc(C)cc(OCCNC(=O)Nc2ccc(Br)cc2C)c1. The second-order valence-corrected chi connectivity index (χ2v) is 6.43. The molecule has 2 rings (SSSR count). The molecule has 23 heavy (non-hydrogen) atoms. The molecule has 0 unspecified atom stereocenters. The summed E-state index contributed by atoms with van der Waals surface area (Å²) in [7, 11) is 0. The minimum absolute atomic E-state index is 0.237. The average molecular weight is 377 g/mol. The van der Waals surface area contributed by atoms with E-state index in [1.54, 1.807) is 0 Å². The van der Waals surface area contributed by atoms with Crippen LogP contribution in [0.4, 0.5) is 10.5 Å². The highest BCUT2D eigenvalue weighted by Crippen LogP contribution is 2.19. The first-order valence-corrected chi connectivity index (χ1v) is 8.25. The average Bonchev–Trinajstić information content (AvgIpc) is 2.46. The van der Waals surface area contributed by atoms with Gasteiger partial charge in [0.15, 0.2) is 0 Å². The van der Waals surface area contributed by atoms with Crippen LogP contribution in [-0.4, -0.2) is 19.2 Å². The zero-order valence-electron chi connectivity index (χ0n) is 13.6. The molecule has 4 nitrogen and oxygen atoms in total. The van der Waals surface area contributed by atoms with E-state index in [1.165, 1.54) is 0 Å². The molecule has 0 aliphatic heterocycles. The molecule has 0 spiro atoms. The second-order valence-electron chi connectivity index (χ2n) is 5.51. The van der Waals surface area contributed by atoms with Crippen molar-refractivity contribution in [2.75, 3.05) is 18.5 Å². The molecular weight excluding hydrogens is 356 g/mol. The third kappa shape index (κ3) is 5.60. The summed E-state index contributed by atoms with van der Waals surface area (Å²) in [6.45, 7) is 6.88. The Balaban J connectivity index is 1.76. The van der Waals surface area contributed by atoms with Crippen molar-refractivity contribution in [1.82, 2.24) is 5.32 Å². The van der Waals surface area contributed by atoms with Gasteiger partial charge in [-0.2, -0.15) is 0 Å². The maximum atomic E-state index is 11.9. The molecule has 0 heterocycles. The number of benzene rings is 2. The van der Waals surface area contributed by atoms with Crippen LogP contribution in [0.3, 0.4) is 0 Å². The molecule has 2 aromatic carbocycles. The van der Waals surface area contributed by atoms with Gasteiger partial charge in [-0.15, -0.1) is 0 Å². The molecule has 0 saturated heterocycles. The summed E-state index contributed by atoms with van der Waals surface area (Å²) in [6, 6.07) is 11.5. The van der Waals surface area contributed by atoms with E-state index in [9.17, 15) is 4.79 Å². The zero-order chi connectivity index (χ0) is 16.8. The normalized spacial score (nSPS) is 10.3. The molecule has 0 bridgehead atoms. The third-order valence-corrected chi connectivity index (χ3v) is 3.78. The molecule has 0 aliphatic rings. The van der Waals surface area contributed by atoms with Crippen LogP contribution >= 0.6 is 15.9 Å². The first-order chi connectivity index (χ1) is 10.9. The standard InChI is InChI=1S/C18H21BrN2O2/c1-12-8-13(2)10-16(9-12)23-7-6-20-18(22)21-17-5-4-15(19)11-14(17)3/h4-5,8-11H,6-7H2,1-3H3,(H2,20,21,22). The maximum Gasteiger partial charge on any atom is 0.319 e. The summed E-state index contributed by atoms with van der Waals surface area (Å²) in [5.74, 6) is 0.827. The zero-order valence-corrected chi connectivity index (χ0v) is 15.2. The Morgan fingerprint density at radius 3 is 2.43 bits per heavy atom. The lowest BCUT2D eigenvalue weighted by Crippen LogP contribution is -2.32. The number of hydrogen-bond donors (Lipinski definition) is 2. The van der Waals surface area contributed by atoms with Crippen LogP contribution in [0.2, 0.25) is 0 Å². The molecule has 122 valence electrons. The highest BCUT2D eigenvalue weighted by Gasteiger charge is 2.04. The minimum atomic E-state index is -0.237. The Bertz CT molecular complexity index is 681. The molecule has 2 aromatic rings. The number of urea groups is 1. The fraction of sp³-hybridized carbons (Fsp3) is 0.278. The topological polar surface area (TPSA) is 50.4 Å². The van der Waals surface area contributed by atoms with Gasteiger partial charge in [-0.3, -0.25) is 0 Å². The maximum absolute atomic E-state index is 11.9. The minimum Gasteiger partial charge on any atom is -0.492 e. The molecule has 0 aromatic heterocycles. The lowest BCUT2D eigenvalue weighted by atomic mass is 10.1. The Kier molecular flexibility index (Phi) is 6.04. The van der Waals surface area contributed by atoms with Gasteiger partial charge in [0.2, 0.25) is 0 Å². The molecule has 0 fully saturated rings. The van der Waals surface area contributed by atoms with Crippen molar-refractivity contribution >= 4 is 27.6 Å². The van der Waals surface area contributed by atoms with Gasteiger partial charge in [0.25, 0.3) is 0 Å². The number of anilines is 1. The van der Waals surface area contributed by atoms with E-state index in [-0.39, 0.29) is 6.03 Å². The number of ether oxygens (including phenoxy) is 1. The van der Waals surface area contributed by atoms with E-state index in [1.807, 2.05) is 51.1 Å². The van der Waals surface area contributed by atoms with Crippen molar-refractivity contribution in [3.05, 3.63) is 57.6 Å². The van der Waals surface area contributed by atoms with Crippen LogP contribution in [0.5, 0.6) is 5.75 Å². The highest BCUT2D eigenvalue weighted by molar-refractivity contribution is 9.10. The first kappa shape index (κ1) is 17.3. The van der Waals surface area contributed by atoms with Gasteiger partial charge >= 0.3 is 6.03 Å². The van der Waals surface area contributed by atoms with E-state index in [2.05, 4.69) is 32.6 Å². The lowest BCUT2D eigenvalue weighted by Gasteiger charge is -2.11. The van der Waals surface area contributed by atoms with Crippen molar-refractivity contribution in [1.29, 1.82) is 0 Å². The third-order valence-electron chi connectivity index (χ3n) is 3.29. The number of carbonyl (C=O) groups is 1. The van der Waals surface area contributed by atoms with Crippen LogP contribution < -0.4 is 15.4 Å². The van der Waals surface area contributed by atoms with Crippen LogP contribution in [0.25, 0.3) is 0 Å². The second kappa shape index (κ2) is 8.02. The van der Waals surface area contributed by atoms with Crippen LogP contribution in [0.15, 0.2) is 40.9 Å². The first-order valence-electron chi connectivity index (χ1n) is 7.46. The molecule has 2 amide bonds. The summed E-state index contributed by atoms with van der Waals surface area (Å²) in [5.41, 5.74) is 4.12. The monoisotopic (exact) mass is 376 g/mol. The van der Waals surface area contributed by atoms with Gasteiger partial charge in [0.1, 0.15) is 12.4 Å². The molecule has 5 heteroatoms. The van der Waals surface area contributed by atoms with Gasteiger partial charge in [-0.25, -0.2) is 4.79 Å². The molecule has 0 atom stereocenters. The van der Waals surface area contributed by atoms with Crippen LogP contribution in [0.1, 0.15) is 16.7 Å². The predicted molar refractivity (Wildman–Crippen MR) is 97.3 cm³/mol. The van der Waals surface area contributed by atoms with Gasteiger partial charge < -0.3 is 15.4 Å². The van der Waals surface area contributed by atoms with Gasteiger partial charge in [-0.05, 0) is 67.8 Å². The van der Waals surface area contributed by atoms with E-state index in [0.29, 0.717) is 13.2 Å². The number of nitrogens with one attached hydrogen (secondary N) is 2. The number of hydrogen-bond acceptors (Lipinski definition) is 2. The van der Waals surface area contributed by atoms with Crippen molar-refractivity contribution in [3.8, 4) is 5.75 Å². The Labute approximate surface area is 145 Å². The smallest absolute Gasteiger partial charge is 0.319 e. The number of carbonyl (C=O) groups excluding carboxylic acids is 1. The van der Waals surface area contributed by atoms with E-state index < -0.39 is 0 Å². The molecule has 0 aliphatic carbocycles. The fourth-order valence-electron chi connectivity index (χ4n) is 2.28. The number of amides is 2. The highest BCUT2D eigenvalue weighted by atomic mass is 79.9. The number of rotatable bonds is 5. The van der Waals surface area contributed by atoms with Crippen molar-refractivity contribution in [2.24, 2.45) is 0 Å². The Morgan fingerprint density at radius 2 is 1.78 bits per heavy atom. The quantitative estimate of drug-likeness (QED) is 0.750. The molecular formula is C18H21BrN2O2. The van der Waals surface area contributed by atoms with Crippen molar-refractivity contribution in [2.45, 2.75) is 20.8 Å². The lowest BCUT2D eigenvalue weighted by molar-refractivity contribution is 0.247. The number of aryl methyl sites for hydroxylation is 3. The van der Waals surface area contributed by atoms with Gasteiger partial charge in [-0.1, -0.05) is 22.0 Å². The summed E-state index contributed by atoms with van der Waals surface area (Å²) in [4.78, 5) is 11.9. The van der Waals surface area contributed by atoms with Crippen molar-refractivity contribution < 1.29 is 9.53 Å². The van der Waals surface area contributed by atoms with Gasteiger partial charge in [0, 0.05) is 10.2 Å². The van der Waals surface area contributed by atoms with E-state index in [4.69, 9.17) is 4.74 Å². The Morgan fingerprint density at radius 1 is 1.09 bits per heavy atom. The van der Waals surface area contributed by atoms with Crippen LogP contribution in [-0.2, 0) is 0 Å². The predicted octanol–water partition coefficient (Wildman–Crippen LogP) is 4.57.